The molecule has 2 heterocycles. The summed E-state index contributed by atoms with van der Waals surface area (Å²) in [6.45, 7) is 1.40. The molecule has 2 aliphatic heterocycles. The molecule has 2 aliphatic carbocycles. The smallest absolute Gasteiger partial charge is 0.309 e. The summed E-state index contributed by atoms with van der Waals surface area (Å²) in [7, 11) is 0. The predicted molar refractivity (Wildman–Crippen MR) is 63.6 cm³/mol. The standard InChI is InChI=1S/2C7H10O2/c2*8-7-6-3-1-2-5(6)4-9-7/h2*5-6H,1-4H2/t2*5-,6-/m10/s1. The van der Waals surface area contributed by atoms with Gasteiger partial charge in [0.2, 0.25) is 0 Å². The highest BCUT2D eigenvalue weighted by Gasteiger charge is 2.40. The van der Waals surface area contributed by atoms with Gasteiger partial charge in [-0.1, -0.05) is 12.8 Å². The van der Waals surface area contributed by atoms with Gasteiger partial charge in [0.15, 0.2) is 0 Å². The summed E-state index contributed by atoms with van der Waals surface area (Å²) in [5, 5.41) is 0. The third-order valence-corrected chi connectivity index (χ3v) is 4.80. The quantitative estimate of drug-likeness (QED) is 0.618. The van der Waals surface area contributed by atoms with Crippen LogP contribution in [-0.4, -0.2) is 25.2 Å². The minimum atomic E-state index is 0.0532. The number of carbonyl (C=O) groups excluding carboxylic acids is 2. The van der Waals surface area contributed by atoms with E-state index in [0.29, 0.717) is 25.0 Å². The van der Waals surface area contributed by atoms with Gasteiger partial charge in [0.1, 0.15) is 0 Å². The molecule has 0 aromatic heterocycles. The predicted octanol–water partition coefficient (Wildman–Crippen LogP) is 1.92. The van der Waals surface area contributed by atoms with E-state index in [2.05, 4.69) is 0 Å². The highest BCUT2D eigenvalue weighted by molar-refractivity contribution is 5.75. The first-order valence-corrected chi connectivity index (χ1v) is 7.09. The molecule has 2 saturated carbocycles. The third-order valence-electron chi connectivity index (χ3n) is 4.80. The first-order valence-electron chi connectivity index (χ1n) is 7.09. The Morgan fingerprint density at radius 2 is 1.17 bits per heavy atom. The zero-order chi connectivity index (χ0) is 12.5. The van der Waals surface area contributed by atoms with Crippen molar-refractivity contribution in [3.05, 3.63) is 0 Å². The van der Waals surface area contributed by atoms with Gasteiger partial charge in [-0.2, -0.15) is 0 Å². The van der Waals surface area contributed by atoms with Gasteiger partial charge in [-0.25, -0.2) is 0 Å². The summed E-state index contributed by atoms with van der Waals surface area (Å²) in [5.41, 5.74) is 0. The van der Waals surface area contributed by atoms with Gasteiger partial charge in [0.25, 0.3) is 0 Å². The van der Waals surface area contributed by atoms with Crippen LogP contribution in [-0.2, 0) is 19.1 Å². The molecular formula is C14H20O4. The van der Waals surface area contributed by atoms with Gasteiger partial charge in [0, 0.05) is 11.8 Å². The van der Waals surface area contributed by atoms with Crippen LogP contribution in [0.4, 0.5) is 0 Å². The summed E-state index contributed by atoms with van der Waals surface area (Å²) in [6, 6.07) is 0. The largest absolute Gasteiger partial charge is 0.465 e. The van der Waals surface area contributed by atoms with Crippen LogP contribution < -0.4 is 0 Å². The van der Waals surface area contributed by atoms with E-state index < -0.39 is 0 Å². The Labute approximate surface area is 107 Å². The van der Waals surface area contributed by atoms with Crippen molar-refractivity contribution in [2.45, 2.75) is 38.5 Å². The molecule has 0 radical (unpaired) electrons. The lowest BCUT2D eigenvalue weighted by Crippen LogP contribution is -2.07. The van der Waals surface area contributed by atoms with Crippen molar-refractivity contribution in [3.63, 3.8) is 0 Å². The van der Waals surface area contributed by atoms with Gasteiger partial charge >= 0.3 is 11.9 Å². The molecule has 4 heteroatoms. The Morgan fingerprint density at radius 1 is 0.722 bits per heavy atom. The Hall–Kier alpha value is -1.06. The van der Waals surface area contributed by atoms with Crippen molar-refractivity contribution in [1.82, 2.24) is 0 Å². The van der Waals surface area contributed by atoms with Crippen LogP contribution in [0.3, 0.4) is 0 Å². The monoisotopic (exact) mass is 252 g/mol. The van der Waals surface area contributed by atoms with Gasteiger partial charge in [-0.15, -0.1) is 0 Å². The number of carbonyl (C=O) groups is 2. The molecule has 0 amide bonds. The normalized spacial score (nSPS) is 40.7. The van der Waals surface area contributed by atoms with Gasteiger partial charge in [-0.05, 0) is 25.7 Å². The molecule has 4 rings (SSSR count). The number of fused-ring (bicyclic) bond motifs is 2. The lowest BCUT2D eigenvalue weighted by molar-refractivity contribution is -0.142. The lowest BCUT2D eigenvalue weighted by Gasteiger charge is -1.97. The number of esters is 2. The number of ether oxygens (including phenoxy) is 2. The zero-order valence-corrected chi connectivity index (χ0v) is 10.6. The number of hydrogen-bond acceptors (Lipinski definition) is 4. The third kappa shape index (κ3) is 2.13. The minimum Gasteiger partial charge on any atom is -0.465 e. The molecule has 0 unspecified atom stereocenters. The second kappa shape index (κ2) is 4.90. The van der Waals surface area contributed by atoms with Crippen LogP contribution in [0.1, 0.15) is 38.5 Å². The molecule has 4 aliphatic rings. The molecule has 4 nitrogen and oxygen atoms in total. The van der Waals surface area contributed by atoms with Crippen LogP contribution in [0.5, 0.6) is 0 Å². The Kier molecular flexibility index (Phi) is 3.27. The van der Waals surface area contributed by atoms with Crippen molar-refractivity contribution in [1.29, 1.82) is 0 Å². The van der Waals surface area contributed by atoms with E-state index in [-0.39, 0.29) is 23.8 Å². The van der Waals surface area contributed by atoms with Crippen LogP contribution >= 0.6 is 0 Å². The summed E-state index contributed by atoms with van der Waals surface area (Å²) in [5.74, 6) is 1.83. The van der Waals surface area contributed by atoms with E-state index in [1.165, 1.54) is 25.7 Å². The minimum absolute atomic E-state index is 0.0532. The molecule has 100 valence electrons. The van der Waals surface area contributed by atoms with Gasteiger partial charge < -0.3 is 9.47 Å². The second-order valence-electron chi connectivity index (χ2n) is 5.86. The molecule has 0 bridgehead atoms. The number of hydrogen-bond donors (Lipinski definition) is 0. The summed E-state index contributed by atoms with van der Waals surface area (Å²) >= 11 is 0. The lowest BCUT2D eigenvalue weighted by atomic mass is 10.0. The molecule has 0 aromatic rings. The highest BCUT2D eigenvalue weighted by atomic mass is 16.5. The maximum atomic E-state index is 10.8. The van der Waals surface area contributed by atoms with E-state index in [1.54, 1.807) is 0 Å². The molecule has 0 N–H and O–H groups in total. The molecule has 4 atom stereocenters. The van der Waals surface area contributed by atoms with Crippen LogP contribution in [0.15, 0.2) is 0 Å². The first-order chi connectivity index (χ1) is 8.75. The maximum absolute atomic E-state index is 10.8. The van der Waals surface area contributed by atoms with Gasteiger partial charge in [0.05, 0.1) is 25.0 Å². The highest BCUT2D eigenvalue weighted by Crippen LogP contribution is 2.37. The van der Waals surface area contributed by atoms with Crippen molar-refractivity contribution in [3.8, 4) is 0 Å². The second-order valence-corrected chi connectivity index (χ2v) is 5.86. The van der Waals surface area contributed by atoms with E-state index in [9.17, 15) is 9.59 Å². The molecule has 2 saturated heterocycles. The average molecular weight is 252 g/mol. The van der Waals surface area contributed by atoms with E-state index in [0.717, 1.165) is 12.8 Å². The first kappa shape index (κ1) is 12.0. The van der Waals surface area contributed by atoms with E-state index in [4.69, 9.17) is 9.47 Å². The number of rotatable bonds is 0. The van der Waals surface area contributed by atoms with Crippen molar-refractivity contribution < 1.29 is 19.1 Å². The number of cyclic esters (lactones) is 2. The van der Waals surface area contributed by atoms with Crippen LogP contribution in [0.25, 0.3) is 0 Å². The molecular weight excluding hydrogens is 232 g/mol. The molecule has 0 aromatic carbocycles. The van der Waals surface area contributed by atoms with E-state index in [1.807, 2.05) is 0 Å². The fourth-order valence-corrected chi connectivity index (χ4v) is 3.69. The van der Waals surface area contributed by atoms with Gasteiger partial charge in [-0.3, -0.25) is 9.59 Å². The zero-order valence-electron chi connectivity index (χ0n) is 10.6. The topological polar surface area (TPSA) is 52.6 Å². The van der Waals surface area contributed by atoms with Crippen LogP contribution in [0.2, 0.25) is 0 Å². The Balaban J connectivity index is 0.000000111. The Bertz CT molecular complexity index is 318. The molecule has 0 spiro atoms. The van der Waals surface area contributed by atoms with Crippen LogP contribution in [0, 0.1) is 23.7 Å². The summed E-state index contributed by atoms with van der Waals surface area (Å²) < 4.78 is 9.76. The SMILES string of the molecule is O=C1OC[C@@H]2CCC[C@H]12.O=C1OC[C@H]2CCC[C@@H]12. The van der Waals surface area contributed by atoms with Crippen molar-refractivity contribution in [2.75, 3.05) is 13.2 Å². The average Bonchev–Trinajstić information content (AvgIpc) is 3.06. The fraction of sp³-hybridized carbons (Fsp3) is 0.857. The fourth-order valence-electron chi connectivity index (χ4n) is 3.69. The molecule has 4 fully saturated rings. The van der Waals surface area contributed by atoms with Crippen molar-refractivity contribution in [2.24, 2.45) is 23.7 Å². The van der Waals surface area contributed by atoms with E-state index >= 15 is 0 Å². The van der Waals surface area contributed by atoms with Crippen molar-refractivity contribution >= 4 is 11.9 Å². The maximum Gasteiger partial charge on any atom is 0.309 e. The summed E-state index contributed by atoms with van der Waals surface area (Å²) in [6.07, 6.45) is 7.01. The summed E-state index contributed by atoms with van der Waals surface area (Å²) in [4.78, 5) is 21.7. The Morgan fingerprint density at radius 3 is 1.56 bits per heavy atom. The molecule has 18 heavy (non-hydrogen) atoms.